The molecular weight excluding hydrogens is 358 g/mol. The number of ether oxygens (including phenoxy) is 1. The van der Waals surface area contributed by atoms with Crippen molar-refractivity contribution in [3.8, 4) is 17.1 Å². The Kier molecular flexibility index (Phi) is 6.92. The van der Waals surface area contributed by atoms with E-state index in [0.717, 1.165) is 60.3 Å². The Labute approximate surface area is 165 Å². The molecule has 0 amide bonds. The predicted octanol–water partition coefficient (Wildman–Crippen LogP) is 4.21. The minimum Gasteiger partial charge on any atom is -0.497 e. The molecule has 0 aliphatic rings. The zero-order valence-electron chi connectivity index (χ0n) is 16.3. The summed E-state index contributed by atoms with van der Waals surface area (Å²) in [6, 6.07) is 8.02. The van der Waals surface area contributed by atoms with E-state index < -0.39 is 0 Å². The molecule has 0 spiro atoms. The Bertz CT molecular complexity index is 840. The lowest BCUT2D eigenvalue weighted by Crippen LogP contribution is -2.03. The number of aromatic nitrogens is 5. The third kappa shape index (κ3) is 5.13. The van der Waals surface area contributed by atoms with E-state index in [4.69, 9.17) is 4.74 Å². The van der Waals surface area contributed by atoms with Crippen molar-refractivity contribution in [2.75, 3.05) is 12.9 Å². The lowest BCUT2D eigenvalue weighted by Gasteiger charge is -2.10. The van der Waals surface area contributed by atoms with Gasteiger partial charge in [0, 0.05) is 31.1 Å². The first-order valence-corrected chi connectivity index (χ1v) is 10.4. The second-order valence-corrected chi connectivity index (χ2v) is 7.58. The highest BCUT2D eigenvalue weighted by Gasteiger charge is 2.14. The Morgan fingerprint density at radius 1 is 1.11 bits per heavy atom. The van der Waals surface area contributed by atoms with Crippen LogP contribution in [0.4, 0.5) is 0 Å². The maximum Gasteiger partial charge on any atom is 0.191 e. The Morgan fingerprint density at radius 2 is 1.93 bits per heavy atom. The van der Waals surface area contributed by atoms with Gasteiger partial charge in [-0.05, 0) is 49.1 Å². The maximum absolute atomic E-state index is 5.26. The molecule has 0 fully saturated rings. The summed E-state index contributed by atoms with van der Waals surface area (Å²) >= 11 is 1.78. The van der Waals surface area contributed by atoms with E-state index in [1.54, 1.807) is 18.9 Å². The number of benzene rings is 1. The van der Waals surface area contributed by atoms with Gasteiger partial charge >= 0.3 is 0 Å². The molecule has 0 saturated carbocycles. The molecule has 6 nitrogen and oxygen atoms in total. The first-order chi connectivity index (χ1) is 13.2. The van der Waals surface area contributed by atoms with Gasteiger partial charge in [-0.1, -0.05) is 25.1 Å². The van der Waals surface area contributed by atoms with Crippen LogP contribution < -0.4 is 4.74 Å². The highest BCUT2D eigenvalue weighted by Crippen LogP contribution is 2.26. The molecule has 0 aliphatic carbocycles. The van der Waals surface area contributed by atoms with E-state index >= 15 is 0 Å². The Morgan fingerprint density at radius 3 is 2.59 bits per heavy atom. The molecule has 0 atom stereocenters. The van der Waals surface area contributed by atoms with Gasteiger partial charge in [-0.15, -0.1) is 10.2 Å². The second kappa shape index (κ2) is 9.60. The van der Waals surface area contributed by atoms with Gasteiger partial charge in [0.05, 0.1) is 13.3 Å². The number of nitrogens with zero attached hydrogens (tertiary/aromatic N) is 5. The van der Waals surface area contributed by atoms with Gasteiger partial charge in [0.15, 0.2) is 11.0 Å². The summed E-state index contributed by atoms with van der Waals surface area (Å²) in [5, 5.41) is 14.2. The van der Waals surface area contributed by atoms with Crippen molar-refractivity contribution in [3.05, 3.63) is 42.2 Å². The molecule has 1 aromatic carbocycles. The van der Waals surface area contributed by atoms with Crippen LogP contribution in [0.25, 0.3) is 11.4 Å². The molecule has 0 aliphatic heterocycles. The highest BCUT2D eigenvalue weighted by atomic mass is 32.2. The lowest BCUT2D eigenvalue weighted by molar-refractivity contribution is 0.415. The van der Waals surface area contributed by atoms with Gasteiger partial charge in [-0.25, -0.2) is 0 Å². The summed E-state index contributed by atoms with van der Waals surface area (Å²) in [4.78, 5) is 0. The fourth-order valence-corrected chi connectivity index (χ4v) is 3.81. The molecule has 27 heavy (non-hydrogen) atoms. The second-order valence-electron chi connectivity index (χ2n) is 6.51. The molecule has 0 unspecified atom stereocenters. The van der Waals surface area contributed by atoms with Crippen LogP contribution in [0.1, 0.15) is 31.7 Å². The van der Waals surface area contributed by atoms with Gasteiger partial charge in [-0.2, -0.15) is 5.10 Å². The van der Waals surface area contributed by atoms with E-state index in [1.807, 2.05) is 42.2 Å². The van der Waals surface area contributed by atoms with Crippen LogP contribution in [-0.2, 0) is 20.0 Å². The summed E-state index contributed by atoms with van der Waals surface area (Å²) in [7, 11) is 3.63. The van der Waals surface area contributed by atoms with Gasteiger partial charge < -0.3 is 9.30 Å². The Hall–Kier alpha value is -2.28. The number of hydrogen-bond acceptors (Lipinski definition) is 5. The fourth-order valence-electron chi connectivity index (χ4n) is 2.91. The topological polar surface area (TPSA) is 57.8 Å². The summed E-state index contributed by atoms with van der Waals surface area (Å²) in [6.45, 7) is 3.15. The molecule has 7 heteroatoms. The average Bonchev–Trinajstić information content (AvgIpc) is 3.29. The molecule has 0 saturated heterocycles. The molecule has 3 rings (SSSR count). The average molecular weight is 386 g/mol. The molecule has 0 bridgehead atoms. The maximum atomic E-state index is 5.26. The predicted molar refractivity (Wildman–Crippen MR) is 109 cm³/mol. The van der Waals surface area contributed by atoms with Crippen molar-refractivity contribution < 1.29 is 4.74 Å². The van der Waals surface area contributed by atoms with Crippen LogP contribution >= 0.6 is 11.8 Å². The standard InChI is InChI=1S/C20H27N5OS/c1-4-5-12-25-19(17-8-10-18(26-3)11-9-17)22-23-20(25)27-13-6-7-16-14-21-24(2)15-16/h8-11,14-15H,4-7,12-13H2,1-3H3. The third-order valence-electron chi connectivity index (χ3n) is 4.40. The first kappa shape index (κ1) is 19.5. The van der Waals surface area contributed by atoms with E-state index in [1.165, 1.54) is 5.56 Å². The minimum absolute atomic E-state index is 0.850. The smallest absolute Gasteiger partial charge is 0.191 e. The van der Waals surface area contributed by atoms with Crippen molar-refractivity contribution >= 4 is 11.8 Å². The van der Waals surface area contributed by atoms with Crippen molar-refractivity contribution in [2.45, 2.75) is 44.3 Å². The third-order valence-corrected chi connectivity index (χ3v) is 5.45. The largest absolute Gasteiger partial charge is 0.497 e. The van der Waals surface area contributed by atoms with Gasteiger partial charge in [-0.3, -0.25) is 4.68 Å². The molecular formula is C20H27N5OS. The summed E-state index contributed by atoms with van der Waals surface area (Å²) in [6.07, 6.45) is 8.41. The number of thioether (sulfide) groups is 1. The number of unbranched alkanes of at least 4 members (excludes halogenated alkanes) is 1. The van der Waals surface area contributed by atoms with Gasteiger partial charge in [0.2, 0.25) is 0 Å². The number of rotatable bonds is 10. The monoisotopic (exact) mass is 385 g/mol. The minimum atomic E-state index is 0.850. The van der Waals surface area contributed by atoms with E-state index in [-0.39, 0.29) is 0 Å². The normalized spacial score (nSPS) is 11.1. The molecule has 144 valence electrons. The summed E-state index contributed by atoms with van der Waals surface area (Å²) in [5.74, 6) is 2.80. The summed E-state index contributed by atoms with van der Waals surface area (Å²) in [5.41, 5.74) is 2.35. The zero-order chi connectivity index (χ0) is 19.1. The fraction of sp³-hybridized carbons (Fsp3) is 0.450. The van der Waals surface area contributed by atoms with Crippen LogP contribution in [-0.4, -0.2) is 37.4 Å². The van der Waals surface area contributed by atoms with Crippen molar-refractivity contribution in [1.29, 1.82) is 0 Å². The van der Waals surface area contributed by atoms with Crippen molar-refractivity contribution in [1.82, 2.24) is 24.5 Å². The molecule has 0 radical (unpaired) electrons. The molecule has 3 aromatic rings. The van der Waals surface area contributed by atoms with Crippen LogP contribution in [0, 0.1) is 0 Å². The van der Waals surface area contributed by atoms with Gasteiger partial charge in [0.1, 0.15) is 5.75 Å². The quantitative estimate of drug-likeness (QED) is 0.386. The van der Waals surface area contributed by atoms with Crippen molar-refractivity contribution in [3.63, 3.8) is 0 Å². The number of methoxy groups -OCH3 is 1. The molecule has 0 N–H and O–H groups in total. The lowest BCUT2D eigenvalue weighted by atomic mass is 10.2. The molecule has 2 aromatic heterocycles. The van der Waals surface area contributed by atoms with E-state index in [9.17, 15) is 0 Å². The number of aryl methyl sites for hydroxylation is 2. The summed E-state index contributed by atoms with van der Waals surface area (Å²) < 4.78 is 9.36. The van der Waals surface area contributed by atoms with Crippen molar-refractivity contribution in [2.24, 2.45) is 7.05 Å². The van der Waals surface area contributed by atoms with Gasteiger partial charge in [0.25, 0.3) is 0 Å². The first-order valence-electron chi connectivity index (χ1n) is 9.39. The van der Waals surface area contributed by atoms with Crippen LogP contribution in [0.5, 0.6) is 5.75 Å². The highest BCUT2D eigenvalue weighted by molar-refractivity contribution is 7.99. The Balaban J connectivity index is 1.67. The van der Waals surface area contributed by atoms with Crippen LogP contribution in [0.2, 0.25) is 0 Å². The van der Waals surface area contributed by atoms with Crippen LogP contribution in [0.3, 0.4) is 0 Å². The van der Waals surface area contributed by atoms with E-state index in [0.29, 0.717) is 0 Å². The number of hydrogen-bond donors (Lipinski definition) is 0. The SMILES string of the molecule is CCCCn1c(SCCCc2cnn(C)c2)nnc1-c1ccc(OC)cc1. The zero-order valence-corrected chi connectivity index (χ0v) is 17.1. The van der Waals surface area contributed by atoms with Crippen LogP contribution in [0.15, 0.2) is 41.8 Å². The molecule has 2 heterocycles. The van der Waals surface area contributed by atoms with E-state index in [2.05, 4.69) is 33.0 Å².